The zero-order chi connectivity index (χ0) is 20.4. The first-order valence-electron chi connectivity index (χ1n) is 9.43. The molecular formula is C22H19FN2O4. The molecule has 3 heterocycles. The number of carbonyl (C=O) groups is 1. The second kappa shape index (κ2) is 6.15. The number of aromatic nitrogens is 1. The fourth-order valence-electron chi connectivity index (χ4n) is 4.37. The van der Waals surface area contributed by atoms with Gasteiger partial charge in [-0.25, -0.2) is 9.18 Å². The van der Waals surface area contributed by atoms with Gasteiger partial charge in [-0.1, -0.05) is 12.1 Å². The molecule has 0 amide bonds. The van der Waals surface area contributed by atoms with E-state index < -0.39 is 17.2 Å². The van der Waals surface area contributed by atoms with E-state index in [2.05, 4.69) is 4.90 Å². The maximum absolute atomic E-state index is 15.3. The Balaban J connectivity index is 1.83. The minimum atomic E-state index is -1.33. The molecule has 7 heteroatoms. The molecule has 0 radical (unpaired) electrons. The van der Waals surface area contributed by atoms with Crippen LogP contribution in [0, 0.1) is 5.82 Å². The molecule has 6 nitrogen and oxygen atoms in total. The highest BCUT2D eigenvalue weighted by Gasteiger charge is 2.29. The Morgan fingerprint density at radius 2 is 2.00 bits per heavy atom. The Morgan fingerprint density at radius 3 is 2.76 bits per heavy atom. The average Bonchev–Trinajstić information content (AvgIpc) is 3.04. The average molecular weight is 394 g/mol. The molecule has 1 aromatic heterocycles. The summed E-state index contributed by atoms with van der Waals surface area (Å²) in [4.78, 5) is 26.4. The summed E-state index contributed by atoms with van der Waals surface area (Å²) in [7, 11) is 2.03. The first kappa shape index (κ1) is 17.9. The lowest BCUT2D eigenvalue weighted by molar-refractivity contribution is 0.0694. The summed E-state index contributed by atoms with van der Waals surface area (Å²) < 4.78 is 22.9. The van der Waals surface area contributed by atoms with Crippen molar-refractivity contribution in [3.05, 3.63) is 63.2 Å². The standard InChI is InChI=1S/C22H19FN2O4/c1-11-10-29-21-18(12-3-4-13-7-24(2)8-14(13)5-12)17(23)6-15-19(21)25(11)9-16(20(15)26)22(27)28/h3-6,9,11H,7-8,10H2,1-2H3,(H,27,28)/t11-/m0/s1. The van der Waals surface area contributed by atoms with E-state index >= 15 is 4.39 Å². The monoisotopic (exact) mass is 394 g/mol. The van der Waals surface area contributed by atoms with Gasteiger partial charge >= 0.3 is 5.97 Å². The van der Waals surface area contributed by atoms with Gasteiger partial charge in [0, 0.05) is 19.3 Å². The van der Waals surface area contributed by atoms with Gasteiger partial charge in [0.15, 0.2) is 5.75 Å². The number of aromatic carboxylic acids is 1. The highest BCUT2D eigenvalue weighted by Crippen LogP contribution is 2.42. The molecule has 1 atom stereocenters. The first-order valence-corrected chi connectivity index (χ1v) is 9.43. The van der Waals surface area contributed by atoms with Gasteiger partial charge < -0.3 is 14.4 Å². The molecule has 0 unspecified atom stereocenters. The Labute approximate surface area is 165 Å². The predicted octanol–water partition coefficient (Wildman–Crippen LogP) is 3.40. The molecule has 1 N–H and O–H groups in total. The Kier molecular flexibility index (Phi) is 3.79. The quantitative estimate of drug-likeness (QED) is 0.721. The van der Waals surface area contributed by atoms with Crippen LogP contribution in [-0.2, 0) is 13.1 Å². The number of hydrogen-bond acceptors (Lipinski definition) is 4. The molecule has 2 aliphatic rings. The number of benzene rings is 2. The lowest BCUT2D eigenvalue weighted by Gasteiger charge is -2.28. The van der Waals surface area contributed by atoms with E-state index in [1.807, 2.05) is 32.2 Å². The summed E-state index contributed by atoms with van der Waals surface area (Å²) in [5.41, 5.74) is 2.70. The molecule has 3 aromatic rings. The van der Waals surface area contributed by atoms with Gasteiger partial charge in [0.1, 0.15) is 18.0 Å². The van der Waals surface area contributed by atoms with Crippen LogP contribution < -0.4 is 10.2 Å². The fourth-order valence-corrected chi connectivity index (χ4v) is 4.37. The van der Waals surface area contributed by atoms with E-state index in [9.17, 15) is 14.7 Å². The number of nitrogens with zero attached hydrogens (tertiary/aromatic N) is 2. The Morgan fingerprint density at radius 1 is 1.24 bits per heavy atom. The number of halogens is 1. The maximum atomic E-state index is 15.3. The van der Waals surface area contributed by atoms with Gasteiger partial charge in [-0.2, -0.15) is 0 Å². The highest BCUT2D eigenvalue weighted by atomic mass is 19.1. The molecule has 29 heavy (non-hydrogen) atoms. The van der Waals surface area contributed by atoms with Crippen LogP contribution in [0.4, 0.5) is 4.39 Å². The van der Waals surface area contributed by atoms with E-state index in [1.54, 1.807) is 4.57 Å². The summed E-state index contributed by atoms with van der Waals surface area (Å²) in [5, 5.41) is 9.41. The first-order chi connectivity index (χ1) is 13.8. The molecule has 2 aromatic carbocycles. The van der Waals surface area contributed by atoms with Crippen molar-refractivity contribution in [3.63, 3.8) is 0 Å². The molecule has 0 saturated heterocycles. The van der Waals surface area contributed by atoms with Crippen molar-refractivity contribution in [1.82, 2.24) is 9.47 Å². The maximum Gasteiger partial charge on any atom is 0.341 e. The van der Waals surface area contributed by atoms with E-state index in [-0.39, 0.29) is 23.6 Å². The summed E-state index contributed by atoms with van der Waals surface area (Å²) >= 11 is 0. The third kappa shape index (κ3) is 2.57. The van der Waals surface area contributed by atoms with E-state index in [4.69, 9.17) is 4.74 Å². The normalized spacial score (nSPS) is 18.0. The van der Waals surface area contributed by atoms with Gasteiger partial charge in [0.2, 0.25) is 5.43 Å². The van der Waals surface area contributed by atoms with Crippen LogP contribution in [0.2, 0.25) is 0 Å². The van der Waals surface area contributed by atoms with E-state index in [1.165, 1.54) is 11.8 Å². The number of ether oxygens (including phenoxy) is 1. The van der Waals surface area contributed by atoms with Gasteiger partial charge in [0.05, 0.1) is 22.5 Å². The van der Waals surface area contributed by atoms with Crippen LogP contribution in [0.25, 0.3) is 22.0 Å². The number of pyridine rings is 1. The number of fused-ring (bicyclic) bond motifs is 1. The summed E-state index contributed by atoms with van der Waals surface area (Å²) in [6.07, 6.45) is 1.34. The Hall–Kier alpha value is -3.19. The number of rotatable bonds is 2. The zero-order valence-electron chi connectivity index (χ0n) is 16.0. The van der Waals surface area contributed by atoms with Crippen LogP contribution in [-0.4, -0.2) is 34.2 Å². The zero-order valence-corrected chi connectivity index (χ0v) is 16.0. The van der Waals surface area contributed by atoms with Crippen LogP contribution in [0.3, 0.4) is 0 Å². The summed E-state index contributed by atoms with van der Waals surface area (Å²) in [5.74, 6) is -1.63. The molecule has 2 aliphatic heterocycles. The topological polar surface area (TPSA) is 71.8 Å². The molecule has 5 rings (SSSR count). The number of carboxylic acid groups (broad SMARTS) is 1. The minimum Gasteiger partial charge on any atom is -0.488 e. The lowest BCUT2D eigenvalue weighted by atomic mass is 9.96. The van der Waals surface area contributed by atoms with Crippen LogP contribution >= 0.6 is 0 Å². The van der Waals surface area contributed by atoms with Gasteiger partial charge in [0.25, 0.3) is 0 Å². The van der Waals surface area contributed by atoms with Crippen molar-refractivity contribution < 1.29 is 19.0 Å². The SMILES string of the molecule is C[C@H]1COc2c(-c3ccc4c(c3)CN(C)C4)c(F)cc3c(=O)c(C(=O)O)cn1c23. The predicted molar refractivity (Wildman–Crippen MR) is 106 cm³/mol. The Bertz CT molecular complexity index is 1260. The van der Waals surface area contributed by atoms with Crippen molar-refractivity contribution in [3.8, 4) is 16.9 Å². The van der Waals surface area contributed by atoms with Crippen molar-refractivity contribution in [1.29, 1.82) is 0 Å². The fraction of sp³-hybridized carbons (Fsp3) is 0.273. The minimum absolute atomic E-state index is 0.0218. The largest absolute Gasteiger partial charge is 0.488 e. The highest BCUT2D eigenvalue weighted by molar-refractivity contribution is 5.98. The molecule has 0 bridgehead atoms. The molecule has 0 aliphatic carbocycles. The van der Waals surface area contributed by atoms with Gasteiger partial charge in [-0.15, -0.1) is 0 Å². The van der Waals surface area contributed by atoms with Crippen molar-refractivity contribution in [2.24, 2.45) is 0 Å². The second-order valence-electron chi connectivity index (χ2n) is 7.86. The molecular weight excluding hydrogens is 375 g/mol. The van der Waals surface area contributed by atoms with Crippen molar-refractivity contribution >= 4 is 16.9 Å². The molecule has 0 spiro atoms. The van der Waals surface area contributed by atoms with Crippen LogP contribution in [0.5, 0.6) is 5.75 Å². The molecule has 148 valence electrons. The third-order valence-corrected chi connectivity index (χ3v) is 5.77. The number of hydrogen-bond donors (Lipinski definition) is 1. The van der Waals surface area contributed by atoms with E-state index in [0.717, 1.165) is 24.7 Å². The van der Waals surface area contributed by atoms with Crippen molar-refractivity contribution in [2.45, 2.75) is 26.1 Å². The molecule has 0 fully saturated rings. The van der Waals surface area contributed by atoms with Crippen molar-refractivity contribution in [2.75, 3.05) is 13.7 Å². The summed E-state index contributed by atoms with van der Waals surface area (Å²) in [6.45, 7) is 3.77. The third-order valence-electron chi connectivity index (χ3n) is 5.77. The lowest BCUT2D eigenvalue weighted by Crippen LogP contribution is -2.27. The smallest absolute Gasteiger partial charge is 0.341 e. The second-order valence-corrected chi connectivity index (χ2v) is 7.86. The van der Waals surface area contributed by atoms with Crippen LogP contribution in [0.15, 0.2) is 35.3 Å². The van der Waals surface area contributed by atoms with Gasteiger partial charge in [-0.3, -0.25) is 9.69 Å². The molecule has 0 saturated carbocycles. The summed E-state index contributed by atoms with van der Waals surface area (Å²) in [6, 6.07) is 6.79. The van der Waals surface area contributed by atoms with Gasteiger partial charge in [-0.05, 0) is 42.8 Å². The van der Waals surface area contributed by atoms with Crippen LogP contribution in [0.1, 0.15) is 34.5 Å². The number of carboxylic acids is 1. The van der Waals surface area contributed by atoms with E-state index in [0.29, 0.717) is 22.4 Å².